The minimum Gasteiger partial charge on any atom is -0.376 e. The van der Waals surface area contributed by atoms with Crippen molar-refractivity contribution in [3.8, 4) is 5.75 Å². The molecule has 0 aliphatic heterocycles. The van der Waals surface area contributed by atoms with E-state index in [1.165, 1.54) is 6.07 Å². The van der Waals surface area contributed by atoms with Crippen LogP contribution in [0.25, 0.3) is 0 Å². The number of hydrogen-bond donors (Lipinski definition) is 0. The highest BCUT2D eigenvalue weighted by Gasteiger charge is 2.49. The van der Waals surface area contributed by atoms with Gasteiger partial charge in [-0.25, -0.2) is 0 Å². The Morgan fingerprint density at radius 3 is 2.41 bits per heavy atom. The van der Waals surface area contributed by atoms with Crippen molar-refractivity contribution in [3.05, 3.63) is 28.8 Å². The summed E-state index contributed by atoms with van der Waals surface area (Å²) in [7, 11) is -5.65. The molecular formula is C15H19F3O3S. The number of rotatable bonds is 2. The van der Waals surface area contributed by atoms with Gasteiger partial charge in [-0.1, -0.05) is 26.8 Å². The van der Waals surface area contributed by atoms with Crippen molar-refractivity contribution in [3.63, 3.8) is 0 Å². The second-order valence-corrected chi connectivity index (χ2v) is 8.05. The molecule has 0 heterocycles. The second kappa shape index (κ2) is 5.15. The van der Waals surface area contributed by atoms with Gasteiger partial charge in [-0.2, -0.15) is 21.6 Å². The van der Waals surface area contributed by atoms with Crippen molar-refractivity contribution in [2.75, 3.05) is 0 Å². The van der Waals surface area contributed by atoms with Gasteiger partial charge in [0.2, 0.25) is 0 Å². The molecule has 0 amide bonds. The SMILES string of the molecule is Cc1cc2c(cc1OS(=O)(=O)C(F)(F)F)C(C)(C)CCC2C. The van der Waals surface area contributed by atoms with Gasteiger partial charge in [0, 0.05) is 0 Å². The van der Waals surface area contributed by atoms with Crippen molar-refractivity contribution in [1.29, 1.82) is 0 Å². The molecule has 0 fully saturated rings. The Kier molecular flexibility index (Phi) is 4.00. The molecular weight excluding hydrogens is 317 g/mol. The Balaban J connectivity index is 2.53. The summed E-state index contributed by atoms with van der Waals surface area (Å²) in [4.78, 5) is 0. The van der Waals surface area contributed by atoms with Crippen molar-refractivity contribution >= 4 is 10.1 Å². The van der Waals surface area contributed by atoms with Crippen LogP contribution in [0.15, 0.2) is 12.1 Å². The maximum absolute atomic E-state index is 12.5. The van der Waals surface area contributed by atoms with Gasteiger partial charge in [-0.3, -0.25) is 0 Å². The monoisotopic (exact) mass is 336 g/mol. The Hall–Kier alpha value is -1.24. The van der Waals surface area contributed by atoms with Gasteiger partial charge in [-0.15, -0.1) is 0 Å². The molecule has 7 heteroatoms. The summed E-state index contributed by atoms with van der Waals surface area (Å²) >= 11 is 0. The molecule has 1 aromatic carbocycles. The number of hydrogen-bond acceptors (Lipinski definition) is 3. The van der Waals surface area contributed by atoms with Crippen LogP contribution in [-0.4, -0.2) is 13.9 Å². The summed E-state index contributed by atoms with van der Waals surface area (Å²) in [5.41, 5.74) is -3.38. The standard InChI is InChI=1S/C15H19F3O3S/c1-9-5-6-14(3,4)12-8-13(10(2)7-11(9)12)21-22(19,20)15(16,17)18/h7-9H,5-6H2,1-4H3. The topological polar surface area (TPSA) is 43.4 Å². The third kappa shape index (κ3) is 2.95. The zero-order valence-electron chi connectivity index (χ0n) is 12.9. The van der Waals surface area contributed by atoms with Gasteiger partial charge in [0.1, 0.15) is 5.75 Å². The molecule has 0 saturated heterocycles. The molecule has 0 spiro atoms. The fourth-order valence-corrected chi connectivity index (χ4v) is 3.34. The largest absolute Gasteiger partial charge is 0.534 e. The third-order valence-corrected chi connectivity index (χ3v) is 5.26. The van der Waals surface area contributed by atoms with E-state index >= 15 is 0 Å². The Labute approximate surface area is 128 Å². The van der Waals surface area contributed by atoms with E-state index in [0.29, 0.717) is 5.56 Å². The molecule has 2 rings (SSSR count). The highest BCUT2D eigenvalue weighted by atomic mass is 32.2. The molecule has 0 N–H and O–H groups in total. The first-order chi connectivity index (χ1) is 9.85. The molecule has 124 valence electrons. The van der Waals surface area contributed by atoms with Crippen LogP contribution in [-0.2, 0) is 15.5 Å². The van der Waals surface area contributed by atoms with Gasteiger partial charge in [0.15, 0.2) is 0 Å². The van der Waals surface area contributed by atoms with Gasteiger partial charge in [0.25, 0.3) is 0 Å². The number of alkyl halides is 3. The average molecular weight is 336 g/mol. The van der Waals surface area contributed by atoms with Crippen LogP contribution in [0.3, 0.4) is 0 Å². The lowest BCUT2D eigenvalue weighted by atomic mass is 9.69. The predicted molar refractivity (Wildman–Crippen MR) is 77.5 cm³/mol. The zero-order valence-corrected chi connectivity index (χ0v) is 13.7. The van der Waals surface area contributed by atoms with Crippen molar-refractivity contribution in [2.24, 2.45) is 0 Å². The van der Waals surface area contributed by atoms with Crippen LogP contribution < -0.4 is 4.18 Å². The molecule has 22 heavy (non-hydrogen) atoms. The number of halogens is 3. The molecule has 1 aliphatic carbocycles. The lowest BCUT2D eigenvalue weighted by molar-refractivity contribution is -0.0500. The van der Waals surface area contributed by atoms with E-state index in [1.54, 1.807) is 13.0 Å². The molecule has 3 nitrogen and oxygen atoms in total. The summed E-state index contributed by atoms with van der Waals surface area (Å²) in [6.45, 7) is 7.60. The van der Waals surface area contributed by atoms with Gasteiger partial charge < -0.3 is 4.18 Å². The number of benzene rings is 1. The lowest BCUT2D eigenvalue weighted by Crippen LogP contribution is -2.29. The summed E-state index contributed by atoms with van der Waals surface area (Å²) in [5, 5.41) is 0. The van der Waals surface area contributed by atoms with E-state index < -0.39 is 15.6 Å². The van der Waals surface area contributed by atoms with Crippen molar-refractivity contribution in [1.82, 2.24) is 0 Å². The van der Waals surface area contributed by atoms with E-state index in [9.17, 15) is 21.6 Å². The Morgan fingerprint density at radius 1 is 1.27 bits per heavy atom. The minimum absolute atomic E-state index is 0.227. The maximum atomic E-state index is 12.5. The predicted octanol–water partition coefficient (Wildman–Crippen LogP) is 4.40. The summed E-state index contributed by atoms with van der Waals surface area (Å²) in [5.74, 6) is 0.0354. The molecule has 1 aliphatic rings. The van der Waals surface area contributed by atoms with Crippen LogP contribution in [0.2, 0.25) is 0 Å². The molecule has 1 aromatic rings. The van der Waals surface area contributed by atoms with Gasteiger partial charge in [0.05, 0.1) is 0 Å². The number of fused-ring (bicyclic) bond motifs is 1. The first kappa shape index (κ1) is 17.1. The van der Waals surface area contributed by atoms with Crippen LogP contribution in [0.5, 0.6) is 5.75 Å². The van der Waals surface area contributed by atoms with Crippen molar-refractivity contribution in [2.45, 2.75) is 57.4 Å². The van der Waals surface area contributed by atoms with E-state index in [1.807, 2.05) is 13.8 Å². The quantitative estimate of drug-likeness (QED) is 0.594. The van der Waals surface area contributed by atoms with E-state index in [4.69, 9.17) is 0 Å². The third-order valence-electron chi connectivity index (χ3n) is 4.29. The van der Waals surface area contributed by atoms with Crippen LogP contribution in [0.4, 0.5) is 13.2 Å². The molecule has 1 unspecified atom stereocenters. The fourth-order valence-electron chi connectivity index (χ4n) is 2.83. The lowest BCUT2D eigenvalue weighted by Gasteiger charge is -2.36. The fraction of sp³-hybridized carbons (Fsp3) is 0.600. The summed E-state index contributed by atoms with van der Waals surface area (Å²) in [6.07, 6.45) is 1.87. The average Bonchev–Trinajstić information content (AvgIpc) is 2.35. The molecule has 0 saturated carbocycles. The summed E-state index contributed by atoms with van der Waals surface area (Å²) < 4.78 is 64.3. The van der Waals surface area contributed by atoms with E-state index in [0.717, 1.165) is 24.0 Å². The first-order valence-corrected chi connectivity index (χ1v) is 8.42. The Morgan fingerprint density at radius 2 is 1.86 bits per heavy atom. The molecule has 0 aromatic heterocycles. The highest BCUT2D eigenvalue weighted by molar-refractivity contribution is 7.88. The molecule has 0 bridgehead atoms. The minimum atomic E-state index is -5.65. The smallest absolute Gasteiger partial charge is 0.376 e. The number of aryl methyl sites for hydroxylation is 1. The zero-order chi connectivity index (χ0) is 16.9. The van der Waals surface area contributed by atoms with Crippen molar-refractivity contribution < 1.29 is 25.8 Å². The van der Waals surface area contributed by atoms with Gasteiger partial charge in [-0.05, 0) is 53.9 Å². The first-order valence-electron chi connectivity index (χ1n) is 7.01. The van der Waals surface area contributed by atoms with Gasteiger partial charge >= 0.3 is 15.6 Å². The maximum Gasteiger partial charge on any atom is 0.534 e. The van der Waals surface area contributed by atoms with Crippen LogP contribution in [0.1, 0.15) is 56.2 Å². The molecule has 0 radical (unpaired) electrons. The van der Waals surface area contributed by atoms with Crippen LogP contribution >= 0.6 is 0 Å². The van der Waals surface area contributed by atoms with E-state index in [-0.39, 0.29) is 17.1 Å². The molecule has 1 atom stereocenters. The Bertz CT molecular complexity index is 691. The second-order valence-electron chi connectivity index (χ2n) is 6.51. The highest BCUT2D eigenvalue weighted by Crippen LogP contribution is 2.45. The van der Waals surface area contributed by atoms with E-state index in [2.05, 4.69) is 11.1 Å². The normalized spacial score (nSPS) is 21.3. The summed E-state index contributed by atoms with van der Waals surface area (Å²) in [6, 6.07) is 3.19. The van der Waals surface area contributed by atoms with Crippen LogP contribution in [0, 0.1) is 6.92 Å².